The molecule has 4 rings (SSSR count). The standard InChI is InChI=1S/C18H13N5O/c24-18(15-11-19-8-9-20-15)22-14-6-2-1-5-13(14)16-12-23-10-4-3-7-17(23)21-16/h1-12H,(H,22,24). The van der Waals surface area contributed by atoms with Gasteiger partial charge in [-0.1, -0.05) is 24.3 Å². The summed E-state index contributed by atoms with van der Waals surface area (Å²) in [5.74, 6) is -0.306. The largest absolute Gasteiger partial charge is 0.320 e. The van der Waals surface area contributed by atoms with Gasteiger partial charge in [-0.05, 0) is 18.2 Å². The lowest BCUT2D eigenvalue weighted by atomic mass is 10.1. The highest BCUT2D eigenvalue weighted by Gasteiger charge is 2.13. The molecule has 0 aliphatic rings. The SMILES string of the molecule is O=C(Nc1ccccc1-c1cn2ccccc2n1)c1cnccn1. The fourth-order valence-corrected chi connectivity index (χ4v) is 2.48. The summed E-state index contributed by atoms with van der Waals surface area (Å²) < 4.78 is 1.94. The zero-order valence-electron chi connectivity index (χ0n) is 12.6. The van der Waals surface area contributed by atoms with Crippen LogP contribution in [0.1, 0.15) is 10.5 Å². The molecule has 6 nitrogen and oxygen atoms in total. The van der Waals surface area contributed by atoms with Crippen molar-refractivity contribution in [2.75, 3.05) is 5.32 Å². The predicted octanol–water partition coefficient (Wildman–Crippen LogP) is 3.04. The molecule has 0 bridgehead atoms. The highest BCUT2D eigenvalue weighted by molar-refractivity contribution is 6.04. The Labute approximate surface area is 137 Å². The number of carbonyl (C=O) groups is 1. The molecule has 116 valence electrons. The van der Waals surface area contributed by atoms with Crippen LogP contribution in [0.4, 0.5) is 5.69 Å². The second kappa shape index (κ2) is 5.92. The van der Waals surface area contributed by atoms with Crippen LogP contribution in [-0.2, 0) is 0 Å². The van der Waals surface area contributed by atoms with E-state index in [1.54, 1.807) is 0 Å². The minimum Gasteiger partial charge on any atom is -0.320 e. The molecule has 0 aliphatic carbocycles. The molecule has 4 aromatic rings. The Kier molecular flexibility index (Phi) is 3.47. The van der Waals surface area contributed by atoms with Gasteiger partial charge in [-0.25, -0.2) is 9.97 Å². The number of para-hydroxylation sites is 1. The fraction of sp³-hybridized carbons (Fsp3) is 0. The number of imidazole rings is 1. The van der Waals surface area contributed by atoms with Gasteiger partial charge in [-0.2, -0.15) is 0 Å². The maximum absolute atomic E-state index is 12.3. The average Bonchev–Trinajstić information content (AvgIpc) is 3.07. The number of fused-ring (bicyclic) bond motifs is 1. The molecule has 0 aliphatic heterocycles. The maximum atomic E-state index is 12.3. The van der Waals surface area contributed by atoms with E-state index in [4.69, 9.17) is 0 Å². The Bertz CT molecular complexity index is 977. The summed E-state index contributed by atoms with van der Waals surface area (Å²) in [6.07, 6.45) is 8.32. The number of nitrogens with zero attached hydrogens (tertiary/aromatic N) is 4. The summed E-state index contributed by atoms with van der Waals surface area (Å²) in [7, 11) is 0. The highest BCUT2D eigenvalue weighted by Crippen LogP contribution is 2.27. The van der Waals surface area contributed by atoms with Gasteiger partial charge in [0, 0.05) is 30.4 Å². The predicted molar refractivity (Wildman–Crippen MR) is 90.6 cm³/mol. The van der Waals surface area contributed by atoms with E-state index in [0.29, 0.717) is 5.69 Å². The smallest absolute Gasteiger partial charge is 0.275 e. The second-order valence-corrected chi connectivity index (χ2v) is 5.18. The lowest BCUT2D eigenvalue weighted by Gasteiger charge is -2.08. The van der Waals surface area contributed by atoms with Crippen molar-refractivity contribution >= 4 is 17.2 Å². The van der Waals surface area contributed by atoms with Gasteiger partial charge in [0.2, 0.25) is 0 Å². The number of hydrogen-bond donors (Lipinski definition) is 1. The van der Waals surface area contributed by atoms with Crippen molar-refractivity contribution in [3.63, 3.8) is 0 Å². The summed E-state index contributed by atoms with van der Waals surface area (Å²) in [4.78, 5) is 24.9. The molecule has 3 heterocycles. The minimum atomic E-state index is -0.306. The highest BCUT2D eigenvalue weighted by atomic mass is 16.1. The fourth-order valence-electron chi connectivity index (χ4n) is 2.48. The van der Waals surface area contributed by atoms with Crippen LogP contribution in [0.15, 0.2) is 73.4 Å². The number of anilines is 1. The normalized spacial score (nSPS) is 10.7. The van der Waals surface area contributed by atoms with E-state index >= 15 is 0 Å². The van der Waals surface area contributed by atoms with Gasteiger partial charge >= 0.3 is 0 Å². The maximum Gasteiger partial charge on any atom is 0.275 e. The second-order valence-electron chi connectivity index (χ2n) is 5.18. The topological polar surface area (TPSA) is 72.2 Å². The summed E-state index contributed by atoms with van der Waals surface area (Å²) in [5, 5.41) is 2.88. The van der Waals surface area contributed by atoms with Gasteiger partial charge in [0.15, 0.2) is 0 Å². The Morgan fingerprint density at radius 1 is 1.04 bits per heavy atom. The van der Waals surface area contributed by atoms with Gasteiger partial charge in [-0.15, -0.1) is 0 Å². The first-order valence-electron chi connectivity index (χ1n) is 7.42. The number of benzene rings is 1. The first kappa shape index (κ1) is 14.1. The molecule has 0 radical (unpaired) electrons. The third-order valence-corrected chi connectivity index (χ3v) is 3.61. The molecule has 1 amide bonds. The monoisotopic (exact) mass is 315 g/mol. The number of nitrogens with one attached hydrogen (secondary N) is 1. The molecular weight excluding hydrogens is 302 g/mol. The van der Waals surface area contributed by atoms with Crippen molar-refractivity contribution < 1.29 is 4.79 Å². The van der Waals surface area contributed by atoms with Gasteiger partial charge in [0.05, 0.1) is 17.6 Å². The Balaban J connectivity index is 1.71. The molecule has 0 atom stereocenters. The molecule has 0 unspecified atom stereocenters. The summed E-state index contributed by atoms with van der Waals surface area (Å²) >= 11 is 0. The molecular formula is C18H13N5O. The number of aromatic nitrogens is 4. The van der Waals surface area contributed by atoms with Crippen LogP contribution in [0, 0.1) is 0 Å². The van der Waals surface area contributed by atoms with Crippen molar-refractivity contribution in [3.05, 3.63) is 79.1 Å². The van der Waals surface area contributed by atoms with Gasteiger partial charge in [0.25, 0.3) is 5.91 Å². The third kappa shape index (κ3) is 2.61. The molecule has 0 fully saturated rings. The molecule has 0 saturated heterocycles. The molecule has 0 saturated carbocycles. The summed E-state index contributed by atoms with van der Waals surface area (Å²) in [5.41, 5.74) is 3.43. The molecule has 0 spiro atoms. The van der Waals surface area contributed by atoms with Crippen LogP contribution in [-0.4, -0.2) is 25.3 Å². The number of pyridine rings is 1. The van der Waals surface area contributed by atoms with E-state index in [1.807, 2.05) is 59.3 Å². The summed E-state index contributed by atoms with van der Waals surface area (Å²) in [6.45, 7) is 0. The number of carbonyl (C=O) groups excluding carboxylic acids is 1. The van der Waals surface area contributed by atoms with Crippen molar-refractivity contribution in [1.29, 1.82) is 0 Å². The van der Waals surface area contributed by atoms with Crippen molar-refractivity contribution in [2.24, 2.45) is 0 Å². The Hall–Kier alpha value is -3.54. The lowest BCUT2D eigenvalue weighted by molar-refractivity contribution is 0.102. The van der Waals surface area contributed by atoms with Crippen LogP contribution in [0.2, 0.25) is 0 Å². The molecule has 3 aromatic heterocycles. The lowest BCUT2D eigenvalue weighted by Crippen LogP contribution is -2.14. The van der Waals surface area contributed by atoms with E-state index in [2.05, 4.69) is 20.3 Å². The van der Waals surface area contributed by atoms with Crippen molar-refractivity contribution in [2.45, 2.75) is 0 Å². The molecule has 1 N–H and O–H groups in total. The molecule has 24 heavy (non-hydrogen) atoms. The quantitative estimate of drug-likeness (QED) is 0.631. The van der Waals surface area contributed by atoms with Crippen LogP contribution < -0.4 is 5.32 Å². The number of hydrogen-bond acceptors (Lipinski definition) is 4. The number of amides is 1. The Morgan fingerprint density at radius 3 is 2.75 bits per heavy atom. The van der Waals surface area contributed by atoms with Crippen LogP contribution in [0.3, 0.4) is 0 Å². The first-order chi connectivity index (χ1) is 11.8. The van der Waals surface area contributed by atoms with Gasteiger partial charge in [0.1, 0.15) is 11.3 Å². The van der Waals surface area contributed by atoms with Gasteiger partial charge < -0.3 is 9.72 Å². The third-order valence-electron chi connectivity index (χ3n) is 3.61. The Morgan fingerprint density at radius 2 is 1.92 bits per heavy atom. The zero-order valence-corrected chi connectivity index (χ0v) is 12.6. The van der Waals surface area contributed by atoms with Crippen molar-refractivity contribution in [3.8, 4) is 11.3 Å². The first-order valence-corrected chi connectivity index (χ1v) is 7.42. The van der Waals surface area contributed by atoms with E-state index < -0.39 is 0 Å². The van der Waals surface area contributed by atoms with E-state index in [1.165, 1.54) is 18.6 Å². The van der Waals surface area contributed by atoms with E-state index in [-0.39, 0.29) is 11.6 Å². The molecule has 1 aromatic carbocycles. The number of rotatable bonds is 3. The van der Waals surface area contributed by atoms with Crippen LogP contribution in [0.5, 0.6) is 0 Å². The molecule has 6 heteroatoms. The van der Waals surface area contributed by atoms with E-state index in [0.717, 1.165) is 16.9 Å². The minimum absolute atomic E-state index is 0.266. The average molecular weight is 315 g/mol. The van der Waals surface area contributed by atoms with E-state index in [9.17, 15) is 4.79 Å². The summed E-state index contributed by atoms with van der Waals surface area (Å²) in [6, 6.07) is 13.4. The van der Waals surface area contributed by atoms with Crippen LogP contribution in [0.25, 0.3) is 16.9 Å². The van der Waals surface area contributed by atoms with Gasteiger partial charge in [-0.3, -0.25) is 9.78 Å². The van der Waals surface area contributed by atoms with Crippen LogP contribution >= 0.6 is 0 Å². The van der Waals surface area contributed by atoms with Crippen molar-refractivity contribution in [1.82, 2.24) is 19.4 Å². The zero-order chi connectivity index (χ0) is 16.4.